The zero-order valence-electron chi connectivity index (χ0n) is 20.2. The zero-order valence-corrected chi connectivity index (χ0v) is 20.2. The highest BCUT2D eigenvalue weighted by Gasteiger charge is 2.33. The molecule has 2 saturated heterocycles. The highest BCUT2D eigenvalue weighted by atomic mass is 19.1. The molecule has 3 amide bonds. The predicted octanol–water partition coefficient (Wildman–Crippen LogP) is 2.36. The number of benzene rings is 2. The third kappa shape index (κ3) is 6.29. The van der Waals surface area contributed by atoms with Gasteiger partial charge in [-0.05, 0) is 42.0 Å². The van der Waals surface area contributed by atoms with Crippen molar-refractivity contribution in [1.82, 2.24) is 10.2 Å². The second kappa shape index (κ2) is 11.2. The number of amides is 3. The fraction of sp³-hybridized carbons (Fsp3) is 0.308. The van der Waals surface area contributed by atoms with Crippen molar-refractivity contribution in [3.63, 3.8) is 0 Å². The molecule has 2 aromatic rings. The number of cyclic esters (lactones) is 1. The maximum Gasteiger partial charge on any atom is 0.414 e. The topological polar surface area (TPSA) is 99.3 Å². The zero-order chi connectivity index (χ0) is 26.5. The highest BCUT2D eigenvalue weighted by molar-refractivity contribution is 6.41. The lowest BCUT2D eigenvalue weighted by Crippen LogP contribution is -2.50. The van der Waals surface area contributed by atoms with Crippen molar-refractivity contribution < 1.29 is 32.7 Å². The van der Waals surface area contributed by atoms with E-state index in [1.165, 1.54) is 53.1 Å². The summed E-state index contributed by atoms with van der Waals surface area (Å²) in [6.07, 6.45) is 1.46. The van der Waals surface area contributed by atoms with Gasteiger partial charge in [0.25, 0.3) is 5.91 Å². The summed E-state index contributed by atoms with van der Waals surface area (Å²) in [7, 11) is 0. The summed E-state index contributed by atoms with van der Waals surface area (Å²) in [4.78, 5) is 52.6. The van der Waals surface area contributed by atoms with E-state index in [2.05, 4.69) is 5.32 Å². The first-order valence-corrected chi connectivity index (χ1v) is 11.7. The number of carbonyl (C=O) groups is 4. The molecule has 1 atom stereocenters. The van der Waals surface area contributed by atoms with Crippen LogP contribution in [-0.2, 0) is 19.1 Å². The molecular weight excluding hydrogens is 486 g/mol. The number of nitrogens with one attached hydrogen (secondary N) is 1. The second-order valence-electron chi connectivity index (χ2n) is 8.72. The molecule has 2 aliphatic heterocycles. The largest absolute Gasteiger partial charge is 0.442 e. The Balaban J connectivity index is 1.32. The first-order chi connectivity index (χ1) is 17.7. The fourth-order valence-electron chi connectivity index (χ4n) is 4.14. The summed E-state index contributed by atoms with van der Waals surface area (Å²) in [6.45, 7) is 2.83. The Morgan fingerprint density at radius 1 is 1.05 bits per heavy atom. The summed E-state index contributed by atoms with van der Waals surface area (Å²) < 4.78 is 33.2. The molecule has 2 aromatic carbocycles. The average molecular weight is 513 g/mol. The van der Waals surface area contributed by atoms with Crippen LogP contribution >= 0.6 is 0 Å². The minimum Gasteiger partial charge on any atom is -0.442 e. The molecule has 0 radical (unpaired) electrons. The molecule has 2 heterocycles. The number of anilines is 2. The van der Waals surface area contributed by atoms with Crippen LogP contribution in [0.4, 0.5) is 25.0 Å². The van der Waals surface area contributed by atoms with Crippen molar-refractivity contribution >= 4 is 41.1 Å². The highest BCUT2D eigenvalue weighted by Crippen LogP contribution is 2.28. The van der Waals surface area contributed by atoms with E-state index in [4.69, 9.17) is 4.74 Å². The molecule has 0 bridgehead atoms. The van der Waals surface area contributed by atoms with Gasteiger partial charge in [-0.15, -0.1) is 0 Å². The Morgan fingerprint density at radius 3 is 2.41 bits per heavy atom. The van der Waals surface area contributed by atoms with Crippen LogP contribution in [0.15, 0.2) is 48.5 Å². The van der Waals surface area contributed by atoms with Crippen molar-refractivity contribution in [3.8, 4) is 0 Å². The fourth-order valence-corrected chi connectivity index (χ4v) is 4.14. The minimum absolute atomic E-state index is 0.172. The number of ether oxygens (including phenoxy) is 1. The van der Waals surface area contributed by atoms with Gasteiger partial charge in [-0.2, -0.15) is 0 Å². The average Bonchev–Trinajstić information content (AvgIpc) is 3.27. The van der Waals surface area contributed by atoms with E-state index in [0.717, 1.165) is 6.08 Å². The van der Waals surface area contributed by atoms with E-state index in [1.54, 1.807) is 17.0 Å². The van der Waals surface area contributed by atoms with Gasteiger partial charge in [-0.3, -0.25) is 19.3 Å². The van der Waals surface area contributed by atoms with Crippen LogP contribution in [0.2, 0.25) is 0 Å². The van der Waals surface area contributed by atoms with Gasteiger partial charge >= 0.3 is 6.09 Å². The number of rotatable bonds is 7. The minimum atomic E-state index is -0.692. The Kier molecular flexibility index (Phi) is 7.80. The van der Waals surface area contributed by atoms with Crippen LogP contribution in [0.25, 0.3) is 6.08 Å². The van der Waals surface area contributed by atoms with Crippen LogP contribution in [0, 0.1) is 11.6 Å². The van der Waals surface area contributed by atoms with Crippen molar-refractivity contribution in [2.45, 2.75) is 13.0 Å². The molecule has 0 saturated carbocycles. The van der Waals surface area contributed by atoms with Crippen LogP contribution < -0.4 is 15.1 Å². The van der Waals surface area contributed by atoms with E-state index in [1.807, 2.05) is 0 Å². The third-order valence-corrected chi connectivity index (χ3v) is 6.11. The van der Waals surface area contributed by atoms with Gasteiger partial charge in [-0.25, -0.2) is 13.6 Å². The van der Waals surface area contributed by atoms with Crippen molar-refractivity contribution in [1.29, 1.82) is 0 Å². The predicted molar refractivity (Wildman–Crippen MR) is 132 cm³/mol. The second-order valence-corrected chi connectivity index (χ2v) is 8.72. The van der Waals surface area contributed by atoms with E-state index >= 15 is 0 Å². The first kappa shape index (κ1) is 25.8. The van der Waals surface area contributed by atoms with E-state index in [-0.39, 0.29) is 32.1 Å². The number of hydrogen-bond donors (Lipinski definition) is 1. The van der Waals surface area contributed by atoms with Gasteiger partial charge in [0.05, 0.1) is 24.5 Å². The van der Waals surface area contributed by atoms with Crippen LogP contribution in [0.5, 0.6) is 0 Å². The summed E-state index contributed by atoms with van der Waals surface area (Å²) >= 11 is 0. The van der Waals surface area contributed by atoms with E-state index in [9.17, 15) is 28.0 Å². The molecule has 2 fully saturated rings. The van der Waals surface area contributed by atoms with Crippen molar-refractivity contribution in [3.05, 3.63) is 65.7 Å². The molecule has 11 heteroatoms. The lowest BCUT2D eigenvalue weighted by molar-refractivity contribution is -0.142. The lowest BCUT2D eigenvalue weighted by atomic mass is 10.1. The van der Waals surface area contributed by atoms with Gasteiger partial charge in [0.1, 0.15) is 17.7 Å². The van der Waals surface area contributed by atoms with Crippen LogP contribution in [0.1, 0.15) is 12.5 Å². The Labute approximate surface area is 212 Å². The van der Waals surface area contributed by atoms with E-state index in [0.29, 0.717) is 30.0 Å². The maximum absolute atomic E-state index is 15.0. The molecule has 0 unspecified atom stereocenters. The Hall–Kier alpha value is -4.28. The number of hydrogen-bond acceptors (Lipinski definition) is 6. The normalized spacial score (nSPS) is 17.8. The molecule has 0 aliphatic carbocycles. The third-order valence-electron chi connectivity index (χ3n) is 6.11. The number of nitrogens with zero attached hydrogens (tertiary/aromatic N) is 3. The number of ketones is 1. The van der Waals surface area contributed by atoms with Gasteiger partial charge < -0.3 is 19.9 Å². The molecule has 2 aliphatic rings. The summed E-state index contributed by atoms with van der Waals surface area (Å²) in [6, 6.07) is 9.95. The molecule has 4 rings (SSSR count). The molecule has 37 heavy (non-hydrogen) atoms. The summed E-state index contributed by atoms with van der Waals surface area (Å²) in [5, 5.41) is 2.59. The molecule has 194 valence electrons. The van der Waals surface area contributed by atoms with Crippen molar-refractivity contribution in [2.75, 3.05) is 49.1 Å². The Morgan fingerprint density at radius 2 is 1.76 bits per heavy atom. The van der Waals surface area contributed by atoms with Gasteiger partial charge in [-0.1, -0.05) is 18.2 Å². The van der Waals surface area contributed by atoms with Gasteiger partial charge in [0, 0.05) is 33.1 Å². The molecule has 0 spiro atoms. The van der Waals surface area contributed by atoms with Crippen LogP contribution in [-0.4, -0.2) is 74.0 Å². The quantitative estimate of drug-likeness (QED) is 0.452. The molecule has 9 nitrogen and oxygen atoms in total. The number of carbonyl (C=O) groups excluding carboxylic acids is 4. The molecular formula is C26H26F2N4O5. The maximum atomic E-state index is 15.0. The molecule has 1 N–H and O–H groups in total. The monoisotopic (exact) mass is 512 g/mol. The smallest absolute Gasteiger partial charge is 0.414 e. The Bertz CT molecular complexity index is 1230. The summed E-state index contributed by atoms with van der Waals surface area (Å²) in [5.74, 6) is -2.52. The standard InChI is InChI=1S/C26H26F2N4O5/c1-17(33)29-15-21-16-32(26(36)37-21)20-7-8-23(22(28)14-20)30-10-12-31(13-11-30)25(35)24(34)9-4-18-2-5-19(27)6-3-18/h2-9,14,21H,10-13,15-16H2,1H3,(H,29,33)/b9-4+/t21-/m0/s1. The van der Waals surface area contributed by atoms with Gasteiger partial charge in [0.15, 0.2) is 0 Å². The number of piperazine rings is 1. The molecule has 0 aromatic heterocycles. The lowest BCUT2D eigenvalue weighted by Gasteiger charge is -2.36. The SMILES string of the molecule is CC(=O)NC[C@H]1CN(c2ccc(N3CCN(C(=O)C(=O)/C=C/c4ccc(F)cc4)CC3)c(F)c2)C(=O)O1. The van der Waals surface area contributed by atoms with Gasteiger partial charge in [0.2, 0.25) is 11.7 Å². The van der Waals surface area contributed by atoms with Crippen molar-refractivity contribution in [2.24, 2.45) is 0 Å². The first-order valence-electron chi connectivity index (χ1n) is 11.7. The summed E-state index contributed by atoms with van der Waals surface area (Å²) in [5.41, 5.74) is 1.25. The van der Waals surface area contributed by atoms with E-state index < -0.39 is 35.5 Å². The number of halogens is 2. The van der Waals surface area contributed by atoms with Crippen LogP contribution in [0.3, 0.4) is 0 Å².